The SMILES string of the molecule is Nc1nn(-c2c(Cl)cc(C(F)(F)F)cc2Cl)c(N)c1S(=O)C(F)(F)F. The molecule has 0 saturated carbocycles. The predicted octanol–water partition coefficient (Wildman–Crippen LogP) is 3.99. The number of nitrogens with zero attached hydrogens (tertiary/aromatic N) is 2. The van der Waals surface area contributed by atoms with Crippen LogP contribution >= 0.6 is 23.2 Å². The summed E-state index contributed by atoms with van der Waals surface area (Å²) < 4.78 is 88.0. The van der Waals surface area contributed by atoms with Crippen molar-refractivity contribution < 1.29 is 30.6 Å². The van der Waals surface area contributed by atoms with E-state index >= 15 is 0 Å². The molecule has 2 rings (SSSR count). The molecule has 138 valence electrons. The average molecular weight is 427 g/mol. The molecule has 1 atom stereocenters. The molecule has 0 aliphatic carbocycles. The van der Waals surface area contributed by atoms with E-state index in [1.54, 1.807) is 0 Å². The molecule has 1 aromatic carbocycles. The summed E-state index contributed by atoms with van der Waals surface area (Å²) >= 11 is 11.5. The fourth-order valence-electron chi connectivity index (χ4n) is 1.84. The van der Waals surface area contributed by atoms with Crippen molar-refractivity contribution in [1.29, 1.82) is 0 Å². The van der Waals surface area contributed by atoms with Crippen molar-refractivity contribution in [3.8, 4) is 5.69 Å². The van der Waals surface area contributed by atoms with Gasteiger partial charge >= 0.3 is 11.7 Å². The van der Waals surface area contributed by atoms with Crippen LogP contribution in [-0.2, 0) is 17.0 Å². The zero-order valence-electron chi connectivity index (χ0n) is 11.5. The van der Waals surface area contributed by atoms with Crippen molar-refractivity contribution in [2.24, 2.45) is 0 Å². The summed E-state index contributed by atoms with van der Waals surface area (Å²) in [6, 6.07) is 0.973. The molecule has 5 nitrogen and oxygen atoms in total. The zero-order valence-corrected chi connectivity index (χ0v) is 13.9. The van der Waals surface area contributed by atoms with Gasteiger partial charge in [0.25, 0.3) is 0 Å². The number of hydrogen-bond donors (Lipinski definition) is 2. The van der Waals surface area contributed by atoms with Gasteiger partial charge in [-0.15, -0.1) is 5.10 Å². The highest BCUT2D eigenvalue weighted by Gasteiger charge is 2.42. The molecule has 0 aliphatic heterocycles. The third-order valence-corrected chi connectivity index (χ3v) is 4.64. The van der Waals surface area contributed by atoms with E-state index in [0.29, 0.717) is 16.8 Å². The van der Waals surface area contributed by atoms with Crippen molar-refractivity contribution >= 4 is 45.6 Å². The highest BCUT2D eigenvalue weighted by Crippen LogP contribution is 2.40. The maximum Gasteiger partial charge on any atom is 0.476 e. The van der Waals surface area contributed by atoms with E-state index in [-0.39, 0.29) is 0 Å². The smallest absolute Gasteiger partial charge is 0.382 e. The highest BCUT2D eigenvalue weighted by atomic mass is 35.5. The number of hydrogen-bond acceptors (Lipinski definition) is 4. The Hall–Kier alpha value is -1.66. The summed E-state index contributed by atoms with van der Waals surface area (Å²) in [6.45, 7) is 0. The highest BCUT2D eigenvalue weighted by molar-refractivity contribution is 7.86. The van der Waals surface area contributed by atoms with Crippen LogP contribution in [0, 0.1) is 0 Å². The van der Waals surface area contributed by atoms with Gasteiger partial charge in [0.2, 0.25) is 0 Å². The van der Waals surface area contributed by atoms with Gasteiger partial charge in [0.15, 0.2) is 16.6 Å². The van der Waals surface area contributed by atoms with Crippen LogP contribution in [0.15, 0.2) is 17.0 Å². The van der Waals surface area contributed by atoms with Gasteiger partial charge in [0, 0.05) is 0 Å². The molecule has 0 radical (unpaired) electrons. The van der Waals surface area contributed by atoms with Crippen LogP contribution in [0.5, 0.6) is 0 Å². The Kier molecular flexibility index (Phi) is 4.92. The summed E-state index contributed by atoms with van der Waals surface area (Å²) in [5, 5.41) is 2.26. The van der Waals surface area contributed by atoms with Crippen molar-refractivity contribution in [1.82, 2.24) is 9.78 Å². The zero-order chi connectivity index (χ0) is 19.3. The van der Waals surface area contributed by atoms with E-state index in [1.807, 2.05) is 0 Å². The minimum Gasteiger partial charge on any atom is -0.382 e. The van der Waals surface area contributed by atoms with E-state index < -0.39 is 60.3 Å². The van der Waals surface area contributed by atoms with Crippen LogP contribution in [0.4, 0.5) is 38.0 Å². The number of nitrogen functional groups attached to an aromatic ring is 2. The Labute approximate surface area is 147 Å². The first-order valence-electron chi connectivity index (χ1n) is 5.94. The molecular formula is C11H6Cl2F6N4OS. The van der Waals surface area contributed by atoms with E-state index in [0.717, 1.165) is 0 Å². The van der Waals surface area contributed by atoms with Gasteiger partial charge in [-0.05, 0) is 12.1 Å². The summed E-state index contributed by atoms with van der Waals surface area (Å²) in [6.07, 6.45) is -4.76. The van der Waals surface area contributed by atoms with Gasteiger partial charge in [0.1, 0.15) is 16.4 Å². The number of benzene rings is 1. The van der Waals surface area contributed by atoms with Crippen LogP contribution in [0.1, 0.15) is 5.56 Å². The standard InChI is InChI=1S/C11H6Cl2F6N4OS/c12-4-1-3(10(14,15)16)2-5(13)6(4)23-9(21)7(8(20)22-23)25(24)11(17,18)19/h1-2H,21H2,(H2,20,22). The van der Waals surface area contributed by atoms with Crippen LogP contribution in [-0.4, -0.2) is 19.5 Å². The van der Waals surface area contributed by atoms with Crippen LogP contribution < -0.4 is 11.5 Å². The second-order valence-electron chi connectivity index (χ2n) is 4.51. The van der Waals surface area contributed by atoms with E-state index in [1.165, 1.54) is 0 Å². The van der Waals surface area contributed by atoms with Crippen molar-refractivity contribution in [3.05, 3.63) is 27.7 Å². The molecule has 0 amide bonds. The van der Waals surface area contributed by atoms with Crippen molar-refractivity contribution in [2.45, 2.75) is 16.6 Å². The lowest BCUT2D eigenvalue weighted by Gasteiger charge is -2.13. The first kappa shape index (κ1) is 19.7. The minimum atomic E-state index is -5.18. The summed E-state index contributed by atoms with van der Waals surface area (Å²) in [5.41, 5.74) is 3.98. The molecule has 0 aliphatic rings. The molecule has 0 spiro atoms. The molecule has 4 N–H and O–H groups in total. The monoisotopic (exact) mass is 426 g/mol. The van der Waals surface area contributed by atoms with Crippen LogP contribution in [0.3, 0.4) is 0 Å². The lowest BCUT2D eigenvalue weighted by molar-refractivity contribution is -0.137. The lowest BCUT2D eigenvalue weighted by atomic mass is 10.2. The van der Waals surface area contributed by atoms with Gasteiger partial charge < -0.3 is 11.5 Å². The topological polar surface area (TPSA) is 86.9 Å². The van der Waals surface area contributed by atoms with Crippen LogP contribution in [0.2, 0.25) is 10.0 Å². The van der Waals surface area contributed by atoms with E-state index in [4.69, 9.17) is 34.7 Å². The molecule has 0 saturated heterocycles. The molecular weight excluding hydrogens is 421 g/mol. The minimum absolute atomic E-state index is 0.439. The number of rotatable bonds is 2. The molecule has 1 unspecified atom stereocenters. The second kappa shape index (κ2) is 6.25. The number of alkyl halides is 6. The molecule has 1 aromatic heterocycles. The largest absolute Gasteiger partial charge is 0.476 e. The lowest BCUT2D eigenvalue weighted by Crippen LogP contribution is -2.18. The Balaban J connectivity index is 2.68. The second-order valence-corrected chi connectivity index (χ2v) is 6.74. The number of halogens is 8. The van der Waals surface area contributed by atoms with Gasteiger partial charge in [0.05, 0.1) is 15.6 Å². The van der Waals surface area contributed by atoms with E-state index in [9.17, 15) is 30.6 Å². The third-order valence-electron chi connectivity index (χ3n) is 2.85. The molecule has 25 heavy (non-hydrogen) atoms. The molecule has 14 heteroatoms. The Morgan fingerprint density at radius 2 is 1.52 bits per heavy atom. The van der Waals surface area contributed by atoms with Gasteiger partial charge in [-0.3, -0.25) is 0 Å². The number of anilines is 2. The first-order valence-corrected chi connectivity index (χ1v) is 7.85. The summed E-state index contributed by atoms with van der Waals surface area (Å²) in [5.74, 6) is -1.66. The molecule has 2 aromatic rings. The Morgan fingerprint density at radius 3 is 1.92 bits per heavy atom. The summed E-state index contributed by atoms with van der Waals surface area (Å²) in [7, 11) is -3.61. The fraction of sp³-hybridized carbons (Fsp3) is 0.182. The van der Waals surface area contributed by atoms with Gasteiger partial charge in [-0.1, -0.05) is 23.2 Å². The number of nitrogens with two attached hydrogens (primary N) is 2. The van der Waals surface area contributed by atoms with Gasteiger partial charge in [-0.25, -0.2) is 8.89 Å². The summed E-state index contributed by atoms with van der Waals surface area (Å²) in [4.78, 5) is -1.04. The van der Waals surface area contributed by atoms with Crippen molar-refractivity contribution in [3.63, 3.8) is 0 Å². The first-order chi connectivity index (χ1) is 11.2. The predicted molar refractivity (Wildman–Crippen MR) is 79.9 cm³/mol. The third kappa shape index (κ3) is 3.65. The molecule has 0 fully saturated rings. The van der Waals surface area contributed by atoms with Gasteiger partial charge in [-0.2, -0.15) is 26.3 Å². The van der Waals surface area contributed by atoms with E-state index in [2.05, 4.69) is 5.10 Å². The molecule has 1 heterocycles. The quantitative estimate of drug-likeness (QED) is 0.710. The van der Waals surface area contributed by atoms with Crippen LogP contribution in [0.25, 0.3) is 5.69 Å². The van der Waals surface area contributed by atoms with Crippen molar-refractivity contribution in [2.75, 3.05) is 11.5 Å². The average Bonchev–Trinajstić information content (AvgIpc) is 2.70. The Bertz CT molecular complexity index is 840. The fourth-order valence-corrected chi connectivity index (χ4v) is 3.23. The maximum absolute atomic E-state index is 12.7. The maximum atomic E-state index is 12.7. The Morgan fingerprint density at radius 1 is 1.04 bits per heavy atom. The number of aromatic nitrogens is 2. The molecule has 0 bridgehead atoms. The normalized spacial score (nSPS) is 13.9.